The first-order valence-electron chi connectivity index (χ1n) is 9.09. The quantitative estimate of drug-likeness (QED) is 0.464. The highest BCUT2D eigenvalue weighted by Crippen LogP contribution is 2.44. The predicted molar refractivity (Wildman–Crippen MR) is 112 cm³/mol. The van der Waals surface area contributed by atoms with Gasteiger partial charge in [-0.2, -0.15) is 5.10 Å². The zero-order valence-electron chi connectivity index (χ0n) is 16.0. The number of carbonyl (C=O) groups excluding carboxylic acids is 1. The Kier molecular flexibility index (Phi) is 5.29. The Bertz CT molecular complexity index is 1080. The van der Waals surface area contributed by atoms with Gasteiger partial charge >= 0.3 is 0 Å². The summed E-state index contributed by atoms with van der Waals surface area (Å²) in [5, 5.41) is 16.4. The first kappa shape index (κ1) is 19.5. The largest absolute Gasteiger partial charge is 0.493 e. The number of aliphatic hydroxyl groups excluding tert-OH is 1. The number of nitrogens with zero attached hydrogens (tertiary/aromatic N) is 2. The van der Waals surface area contributed by atoms with Crippen molar-refractivity contribution in [3.05, 3.63) is 57.7 Å². The lowest BCUT2D eigenvalue weighted by atomic mass is 10.1. The van der Waals surface area contributed by atoms with E-state index in [1.807, 2.05) is 36.4 Å². The van der Waals surface area contributed by atoms with Gasteiger partial charge in [0.15, 0.2) is 17.2 Å². The van der Waals surface area contributed by atoms with Gasteiger partial charge in [0.25, 0.3) is 5.91 Å². The van der Waals surface area contributed by atoms with Crippen LogP contribution in [-0.2, 0) is 6.42 Å². The number of hydrogen-bond donors (Lipinski definition) is 2. The van der Waals surface area contributed by atoms with Gasteiger partial charge in [-0.3, -0.25) is 4.79 Å². The molecule has 7 nitrogen and oxygen atoms in total. The second kappa shape index (κ2) is 7.88. The molecule has 1 aliphatic rings. The summed E-state index contributed by atoms with van der Waals surface area (Å²) in [6.07, 6.45) is 0.559. The summed E-state index contributed by atoms with van der Waals surface area (Å²) >= 11 is 3.45. The molecule has 1 heterocycles. The van der Waals surface area contributed by atoms with Gasteiger partial charge in [-0.05, 0) is 42.0 Å². The number of methoxy groups -OCH3 is 2. The fourth-order valence-electron chi connectivity index (χ4n) is 3.58. The monoisotopic (exact) mass is 457 g/mol. The second-order valence-corrected chi connectivity index (χ2v) is 7.50. The molecule has 4 rings (SSSR count). The highest BCUT2D eigenvalue weighted by Gasteiger charge is 2.32. The highest BCUT2D eigenvalue weighted by atomic mass is 79.9. The van der Waals surface area contributed by atoms with Crippen LogP contribution in [0.25, 0.3) is 16.9 Å². The normalized spacial score (nSPS) is 11.7. The van der Waals surface area contributed by atoms with Crippen molar-refractivity contribution in [2.75, 3.05) is 27.4 Å². The fourth-order valence-corrected chi connectivity index (χ4v) is 3.84. The number of benzene rings is 2. The fraction of sp³-hybridized carbons (Fsp3) is 0.238. The Morgan fingerprint density at radius 2 is 1.90 bits per heavy atom. The molecule has 3 aromatic rings. The minimum Gasteiger partial charge on any atom is -0.493 e. The highest BCUT2D eigenvalue weighted by molar-refractivity contribution is 9.10. The summed E-state index contributed by atoms with van der Waals surface area (Å²) in [5.74, 6) is 0.956. The number of halogens is 1. The molecule has 0 atom stereocenters. The van der Waals surface area contributed by atoms with Gasteiger partial charge in [0, 0.05) is 28.6 Å². The molecule has 8 heteroatoms. The smallest absolute Gasteiger partial charge is 0.272 e. The maximum absolute atomic E-state index is 12.7. The van der Waals surface area contributed by atoms with E-state index in [-0.39, 0.29) is 19.1 Å². The van der Waals surface area contributed by atoms with Crippen LogP contribution in [0.15, 0.2) is 40.9 Å². The molecule has 0 radical (unpaired) electrons. The Balaban J connectivity index is 1.90. The Morgan fingerprint density at radius 3 is 2.55 bits per heavy atom. The van der Waals surface area contributed by atoms with Crippen LogP contribution in [0.1, 0.15) is 21.6 Å². The maximum atomic E-state index is 12.7. The predicted octanol–water partition coefficient (Wildman–Crippen LogP) is 2.95. The summed E-state index contributed by atoms with van der Waals surface area (Å²) in [7, 11) is 3.20. The standard InChI is InChI=1S/C21H20BrN3O4/c1-28-17-10-12-9-16-19(21(27)23-7-8-26)24-25(14-5-3-13(22)4-6-14)20(16)15(12)11-18(17)29-2/h3-6,10-11,26H,7-9H2,1-2H3,(H,23,27). The number of aromatic nitrogens is 2. The van der Waals surface area contributed by atoms with E-state index in [2.05, 4.69) is 26.3 Å². The molecule has 29 heavy (non-hydrogen) atoms. The van der Waals surface area contributed by atoms with Crippen LogP contribution >= 0.6 is 15.9 Å². The molecule has 0 spiro atoms. The Hall–Kier alpha value is -2.84. The minimum atomic E-state index is -0.308. The number of ether oxygens (including phenoxy) is 2. The minimum absolute atomic E-state index is 0.129. The molecule has 0 saturated carbocycles. The summed E-state index contributed by atoms with van der Waals surface area (Å²) in [4.78, 5) is 12.7. The van der Waals surface area contributed by atoms with E-state index in [9.17, 15) is 4.79 Å². The van der Waals surface area contributed by atoms with Crippen LogP contribution in [0.2, 0.25) is 0 Å². The molecular formula is C21H20BrN3O4. The Morgan fingerprint density at radius 1 is 1.21 bits per heavy atom. The number of fused-ring (bicyclic) bond motifs is 3. The molecule has 0 saturated heterocycles. The van der Waals surface area contributed by atoms with Gasteiger partial charge in [-0.25, -0.2) is 4.68 Å². The summed E-state index contributed by atoms with van der Waals surface area (Å²) in [6, 6.07) is 11.6. The second-order valence-electron chi connectivity index (χ2n) is 6.58. The van der Waals surface area contributed by atoms with Crippen molar-refractivity contribution in [1.82, 2.24) is 15.1 Å². The van der Waals surface area contributed by atoms with Crippen molar-refractivity contribution in [2.24, 2.45) is 0 Å². The third kappa shape index (κ3) is 3.38. The van der Waals surface area contributed by atoms with Gasteiger partial charge < -0.3 is 19.9 Å². The van der Waals surface area contributed by atoms with E-state index in [0.717, 1.165) is 32.5 Å². The van der Waals surface area contributed by atoms with Gasteiger partial charge in [-0.15, -0.1) is 0 Å². The van der Waals surface area contributed by atoms with Crippen molar-refractivity contribution >= 4 is 21.8 Å². The molecule has 0 aliphatic heterocycles. The first-order chi connectivity index (χ1) is 14.1. The van der Waals surface area contributed by atoms with Crippen LogP contribution in [0, 0.1) is 0 Å². The number of carbonyl (C=O) groups is 1. The molecule has 1 amide bonds. The number of aliphatic hydroxyl groups is 1. The molecule has 2 N–H and O–H groups in total. The molecule has 0 bridgehead atoms. The van der Waals surface area contributed by atoms with Crippen LogP contribution in [0.3, 0.4) is 0 Å². The van der Waals surface area contributed by atoms with E-state index in [1.165, 1.54) is 0 Å². The van der Waals surface area contributed by atoms with Gasteiger partial charge in [-0.1, -0.05) is 15.9 Å². The van der Waals surface area contributed by atoms with E-state index in [4.69, 9.17) is 14.6 Å². The summed E-state index contributed by atoms with van der Waals surface area (Å²) in [5.41, 5.74) is 4.89. The van der Waals surface area contributed by atoms with E-state index < -0.39 is 0 Å². The molecule has 150 valence electrons. The third-order valence-corrected chi connectivity index (χ3v) is 5.43. The van der Waals surface area contributed by atoms with Gasteiger partial charge in [0.2, 0.25) is 0 Å². The molecule has 0 unspecified atom stereocenters. The number of hydrogen-bond acceptors (Lipinski definition) is 5. The Labute approximate surface area is 176 Å². The van der Waals surface area contributed by atoms with Crippen LogP contribution in [-0.4, -0.2) is 48.2 Å². The zero-order chi connectivity index (χ0) is 20.5. The third-order valence-electron chi connectivity index (χ3n) is 4.90. The summed E-state index contributed by atoms with van der Waals surface area (Å²) in [6.45, 7) is 0.0450. The van der Waals surface area contributed by atoms with Crippen LogP contribution in [0.4, 0.5) is 0 Å². The van der Waals surface area contributed by atoms with E-state index in [0.29, 0.717) is 23.6 Å². The van der Waals surface area contributed by atoms with Gasteiger partial charge in [0.1, 0.15) is 0 Å². The van der Waals surface area contributed by atoms with Crippen molar-refractivity contribution in [1.29, 1.82) is 0 Å². The molecular weight excluding hydrogens is 438 g/mol. The SMILES string of the molecule is COc1cc2c(cc1OC)-c1c(c(C(=O)NCCO)nn1-c1ccc(Br)cc1)C2. The lowest BCUT2D eigenvalue weighted by molar-refractivity contribution is 0.0938. The molecule has 2 aromatic carbocycles. The van der Waals surface area contributed by atoms with E-state index in [1.54, 1.807) is 18.9 Å². The summed E-state index contributed by atoms with van der Waals surface area (Å²) < 4.78 is 13.7. The average Bonchev–Trinajstić information content (AvgIpc) is 3.28. The molecule has 0 fully saturated rings. The zero-order valence-corrected chi connectivity index (χ0v) is 17.6. The topological polar surface area (TPSA) is 85.6 Å². The van der Waals surface area contributed by atoms with Crippen molar-refractivity contribution in [2.45, 2.75) is 6.42 Å². The first-order valence-corrected chi connectivity index (χ1v) is 9.88. The van der Waals surface area contributed by atoms with E-state index >= 15 is 0 Å². The lowest BCUT2D eigenvalue weighted by Crippen LogP contribution is -2.27. The number of nitrogens with one attached hydrogen (secondary N) is 1. The van der Waals surface area contributed by atoms with Crippen molar-refractivity contribution in [3.8, 4) is 28.4 Å². The number of rotatable bonds is 6. The molecule has 1 aromatic heterocycles. The van der Waals surface area contributed by atoms with Crippen molar-refractivity contribution in [3.63, 3.8) is 0 Å². The molecule has 1 aliphatic carbocycles. The maximum Gasteiger partial charge on any atom is 0.272 e. The number of amides is 1. The lowest BCUT2D eigenvalue weighted by Gasteiger charge is -2.12. The van der Waals surface area contributed by atoms with Gasteiger partial charge in [0.05, 0.1) is 32.2 Å². The van der Waals surface area contributed by atoms with Crippen LogP contribution in [0.5, 0.6) is 11.5 Å². The van der Waals surface area contributed by atoms with Crippen LogP contribution < -0.4 is 14.8 Å². The average molecular weight is 458 g/mol. The van der Waals surface area contributed by atoms with Crippen molar-refractivity contribution < 1.29 is 19.4 Å².